The first kappa shape index (κ1) is 17.1. The number of carbonyl (C=O) groups is 1. The van der Waals surface area contributed by atoms with Gasteiger partial charge in [0.05, 0.1) is 5.69 Å². The summed E-state index contributed by atoms with van der Waals surface area (Å²) in [7, 11) is 1.71. The van der Waals surface area contributed by atoms with Gasteiger partial charge in [-0.15, -0.1) is 0 Å². The van der Waals surface area contributed by atoms with E-state index >= 15 is 0 Å². The van der Waals surface area contributed by atoms with Crippen molar-refractivity contribution in [1.29, 1.82) is 0 Å². The number of hydrogen-bond acceptors (Lipinski definition) is 4. The molecule has 0 radical (unpaired) electrons. The number of nitrogens with two attached hydrogens (primary N) is 1. The molecular formula is C15H14Cl2N4O2. The van der Waals surface area contributed by atoms with Gasteiger partial charge in [0.25, 0.3) is 0 Å². The lowest BCUT2D eigenvalue weighted by Crippen LogP contribution is -2.14. The number of aromatic nitrogens is 2. The van der Waals surface area contributed by atoms with Crippen molar-refractivity contribution in [3.05, 3.63) is 57.3 Å². The normalized spacial score (nSPS) is 11.9. The summed E-state index contributed by atoms with van der Waals surface area (Å²) in [4.78, 5) is 16.4. The largest absolute Gasteiger partial charge is 0.380 e. The molecule has 0 bridgehead atoms. The molecule has 0 aliphatic carbocycles. The van der Waals surface area contributed by atoms with Crippen molar-refractivity contribution >= 4 is 41.1 Å². The molecule has 0 spiro atoms. The molecule has 0 saturated carbocycles. The van der Waals surface area contributed by atoms with Gasteiger partial charge < -0.3 is 10.6 Å². The van der Waals surface area contributed by atoms with Crippen molar-refractivity contribution in [2.75, 3.05) is 0 Å². The van der Waals surface area contributed by atoms with Gasteiger partial charge in [0.1, 0.15) is 5.15 Å². The van der Waals surface area contributed by atoms with Crippen LogP contribution >= 0.6 is 23.2 Å². The molecule has 1 aromatic heterocycles. The van der Waals surface area contributed by atoms with Crippen LogP contribution in [-0.4, -0.2) is 21.6 Å². The van der Waals surface area contributed by atoms with Crippen molar-refractivity contribution < 1.29 is 9.63 Å². The van der Waals surface area contributed by atoms with E-state index in [-0.39, 0.29) is 5.84 Å². The first-order chi connectivity index (χ1) is 10.9. The Kier molecular flexibility index (Phi) is 5.41. The summed E-state index contributed by atoms with van der Waals surface area (Å²) in [6.45, 7) is 1.79. The molecule has 0 aliphatic rings. The van der Waals surface area contributed by atoms with Crippen LogP contribution in [0, 0.1) is 6.92 Å². The fourth-order valence-corrected chi connectivity index (χ4v) is 2.15. The van der Waals surface area contributed by atoms with Crippen molar-refractivity contribution in [2.24, 2.45) is 17.9 Å². The second-order valence-electron chi connectivity index (χ2n) is 4.64. The molecule has 1 aromatic carbocycles. The predicted octanol–water partition coefficient (Wildman–Crippen LogP) is 2.91. The van der Waals surface area contributed by atoms with Gasteiger partial charge in [-0.05, 0) is 37.3 Å². The molecule has 0 amide bonds. The zero-order valence-electron chi connectivity index (χ0n) is 12.5. The molecule has 0 unspecified atom stereocenters. The molecule has 2 N–H and O–H groups in total. The third kappa shape index (κ3) is 4.34. The summed E-state index contributed by atoms with van der Waals surface area (Å²) in [6, 6.07) is 6.66. The van der Waals surface area contributed by atoms with Gasteiger partial charge in [-0.1, -0.05) is 28.4 Å². The highest BCUT2D eigenvalue weighted by Crippen LogP contribution is 2.19. The van der Waals surface area contributed by atoms with Crippen LogP contribution in [0.3, 0.4) is 0 Å². The minimum atomic E-state index is -0.679. The molecular weight excluding hydrogens is 339 g/mol. The molecule has 6 nitrogen and oxygen atoms in total. The minimum Gasteiger partial charge on any atom is -0.380 e. The Balaban J connectivity index is 2.03. The summed E-state index contributed by atoms with van der Waals surface area (Å²) in [6.07, 6.45) is 2.72. The lowest BCUT2D eigenvalue weighted by Gasteiger charge is -1.99. The number of amidine groups is 1. The molecule has 1 heterocycles. The Morgan fingerprint density at radius 2 is 2.00 bits per heavy atom. The van der Waals surface area contributed by atoms with E-state index in [1.165, 1.54) is 16.8 Å². The number of rotatable bonds is 4. The maximum Gasteiger partial charge on any atom is 0.358 e. The molecule has 23 heavy (non-hydrogen) atoms. The molecule has 120 valence electrons. The van der Waals surface area contributed by atoms with Gasteiger partial charge in [-0.25, -0.2) is 4.79 Å². The molecule has 8 heteroatoms. The number of aryl methyl sites for hydroxylation is 2. The number of benzene rings is 1. The fourth-order valence-electron chi connectivity index (χ4n) is 1.79. The molecule has 0 aliphatic heterocycles. The number of hydrogen-bond donors (Lipinski definition) is 1. The van der Waals surface area contributed by atoms with Crippen molar-refractivity contribution in [3.63, 3.8) is 0 Å². The summed E-state index contributed by atoms with van der Waals surface area (Å²) in [5.74, 6) is -0.611. The number of halogens is 2. The zero-order chi connectivity index (χ0) is 17.0. The van der Waals surface area contributed by atoms with Gasteiger partial charge in [0.15, 0.2) is 5.84 Å². The highest BCUT2D eigenvalue weighted by Gasteiger charge is 2.09. The zero-order valence-corrected chi connectivity index (χ0v) is 14.0. The first-order valence-electron chi connectivity index (χ1n) is 6.56. The van der Waals surface area contributed by atoms with Crippen molar-refractivity contribution in [2.45, 2.75) is 6.92 Å². The Hall–Kier alpha value is -2.31. The van der Waals surface area contributed by atoms with Crippen LogP contribution in [0.2, 0.25) is 10.2 Å². The maximum absolute atomic E-state index is 11.7. The van der Waals surface area contributed by atoms with E-state index in [1.54, 1.807) is 38.2 Å². The lowest BCUT2D eigenvalue weighted by atomic mass is 10.2. The Morgan fingerprint density at radius 3 is 2.57 bits per heavy atom. The van der Waals surface area contributed by atoms with Gasteiger partial charge >= 0.3 is 5.97 Å². The molecule has 0 fully saturated rings. The number of carbonyl (C=O) groups excluding carboxylic acids is 1. The van der Waals surface area contributed by atoms with Crippen molar-refractivity contribution in [3.8, 4) is 0 Å². The molecule has 2 aromatic rings. The van der Waals surface area contributed by atoms with E-state index in [9.17, 15) is 4.79 Å². The average molecular weight is 353 g/mol. The van der Waals surface area contributed by atoms with Gasteiger partial charge in [-0.2, -0.15) is 5.10 Å². The van der Waals surface area contributed by atoms with Crippen LogP contribution < -0.4 is 5.73 Å². The van der Waals surface area contributed by atoms with Gasteiger partial charge in [0.2, 0.25) is 0 Å². The summed E-state index contributed by atoms with van der Waals surface area (Å²) < 4.78 is 1.51. The Labute approximate surface area is 143 Å². The van der Waals surface area contributed by atoms with Crippen LogP contribution in [0.25, 0.3) is 6.08 Å². The molecule has 0 saturated heterocycles. The van der Waals surface area contributed by atoms with E-state index in [0.29, 0.717) is 27.0 Å². The van der Waals surface area contributed by atoms with E-state index in [4.69, 9.17) is 33.8 Å². The standard InChI is InChI=1S/C15H14Cl2N4O2/c1-9-12(14(17)21(2)19-9)7-8-13(22)23-20-15(18)10-3-5-11(16)6-4-10/h3-8H,1-2H3,(H2,18,20)/b8-7+. The van der Waals surface area contributed by atoms with Crippen LogP contribution in [0.15, 0.2) is 35.5 Å². The summed E-state index contributed by atoms with van der Waals surface area (Å²) in [5, 5.41) is 8.72. The van der Waals surface area contributed by atoms with Crippen LogP contribution in [0.4, 0.5) is 0 Å². The van der Waals surface area contributed by atoms with Crippen LogP contribution in [0.1, 0.15) is 16.8 Å². The van der Waals surface area contributed by atoms with E-state index < -0.39 is 5.97 Å². The maximum atomic E-state index is 11.7. The topological polar surface area (TPSA) is 82.5 Å². The predicted molar refractivity (Wildman–Crippen MR) is 90.3 cm³/mol. The molecule has 2 rings (SSSR count). The lowest BCUT2D eigenvalue weighted by molar-refractivity contribution is -0.137. The minimum absolute atomic E-state index is 0.0685. The fraction of sp³-hybridized carbons (Fsp3) is 0.133. The SMILES string of the molecule is Cc1nn(C)c(Cl)c1/C=C/C(=O)O/N=C(\N)c1ccc(Cl)cc1. The average Bonchev–Trinajstić information content (AvgIpc) is 2.76. The smallest absolute Gasteiger partial charge is 0.358 e. The van der Waals surface area contributed by atoms with E-state index in [1.807, 2.05) is 0 Å². The molecule has 0 atom stereocenters. The van der Waals surface area contributed by atoms with E-state index in [0.717, 1.165) is 0 Å². The van der Waals surface area contributed by atoms with Gasteiger partial charge in [-0.3, -0.25) is 4.68 Å². The van der Waals surface area contributed by atoms with Crippen LogP contribution in [-0.2, 0) is 16.7 Å². The van der Waals surface area contributed by atoms with E-state index in [2.05, 4.69) is 10.3 Å². The number of oxime groups is 1. The Bertz CT molecular complexity index is 780. The summed E-state index contributed by atoms with van der Waals surface area (Å²) >= 11 is 11.8. The third-order valence-electron chi connectivity index (χ3n) is 2.96. The second-order valence-corrected chi connectivity index (χ2v) is 5.44. The highest BCUT2D eigenvalue weighted by atomic mass is 35.5. The van der Waals surface area contributed by atoms with Crippen LogP contribution in [0.5, 0.6) is 0 Å². The quantitative estimate of drug-likeness (QED) is 0.301. The Morgan fingerprint density at radius 1 is 1.35 bits per heavy atom. The number of nitrogens with zero attached hydrogens (tertiary/aromatic N) is 3. The van der Waals surface area contributed by atoms with Crippen molar-refractivity contribution in [1.82, 2.24) is 9.78 Å². The third-order valence-corrected chi connectivity index (χ3v) is 3.66. The second kappa shape index (κ2) is 7.30. The first-order valence-corrected chi connectivity index (χ1v) is 7.31. The summed E-state index contributed by atoms with van der Waals surface area (Å²) in [5.41, 5.74) is 7.66. The van der Waals surface area contributed by atoms with Gasteiger partial charge in [0, 0.05) is 29.3 Å². The highest BCUT2D eigenvalue weighted by molar-refractivity contribution is 6.31. The monoisotopic (exact) mass is 352 g/mol.